The Morgan fingerprint density at radius 1 is 1.44 bits per heavy atom. The normalized spacial score (nSPS) is 22.4. The minimum atomic E-state index is -0.360. The summed E-state index contributed by atoms with van der Waals surface area (Å²) in [6.07, 6.45) is 4.83. The number of hydrogen-bond donors (Lipinski definition) is 1. The maximum atomic E-state index is 12.0. The first-order valence-corrected chi connectivity index (χ1v) is 5.66. The van der Waals surface area contributed by atoms with Gasteiger partial charge in [0.15, 0.2) is 0 Å². The molecule has 1 amide bonds. The topological polar surface area (TPSA) is 66.3 Å². The molecule has 1 saturated heterocycles. The Hall–Kier alpha value is -1.52. The highest BCUT2D eigenvalue weighted by Crippen LogP contribution is 2.48. The van der Waals surface area contributed by atoms with Gasteiger partial charge in [0.1, 0.15) is 0 Å². The number of likely N-dealkylation sites (tertiary alicyclic amines) is 1. The second-order valence-electron chi connectivity index (χ2n) is 4.91. The van der Waals surface area contributed by atoms with E-state index in [1.807, 2.05) is 0 Å². The third kappa shape index (κ3) is 1.38. The van der Waals surface area contributed by atoms with Gasteiger partial charge in [0.2, 0.25) is 5.76 Å². The van der Waals surface area contributed by atoms with Gasteiger partial charge >= 0.3 is 0 Å². The summed E-state index contributed by atoms with van der Waals surface area (Å²) in [6.45, 7) is 1.61. The zero-order chi connectivity index (χ0) is 11.2. The number of nitrogens with one attached hydrogen (secondary N) is 1. The molecule has 1 aliphatic heterocycles. The van der Waals surface area contributed by atoms with E-state index in [1.54, 1.807) is 4.90 Å². The van der Waals surface area contributed by atoms with Gasteiger partial charge in [0.05, 0.1) is 6.07 Å². The molecule has 2 fully saturated rings. The number of amides is 1. The molecule has 1 saturated carbocycles. The summed E-state index contributed by atoms with van der Waals surface area (Å²) in [7, 11) is 0. The molecule has 16 heavy (non-hydrogen) atoms. The SMILES string of the molecule is O=C(c1cc(=O)[nH]o1)N1CCC2(CCC2)C1. The lowest BCUT2D eigenvalue weighted by molar-refractivity contribution is 0.0692. The van der Waals surface area contributed by atoms with E-state index in [0.29, 0.717) is 5.41 Å². The summed E-state index contributed by atoms with van der Waals surface area (Å²) >= 11 is 0. The van der Waals surface area contributed by atoms with Crippen LogP contribution in [0.5, 0.6) is 0 Å². The van der Waals surface area contributed by atoms with Gasteiger partial charge in [-0.3, -0.25) is 9.59 Å². The molecule has 1 aromatic rings. The molecule has 5 nitrogen and oxygen atoms in total. The van der Waals surface area contributed by atoms with Gasteiger partial charge in [-0.25, -0.2) is 0 Å². The van der Waals surface area contributed by atoms with Crippen LogP contribution in [0.3, 0.4) is 0 Å². The number of nitrogens with zero attached hydrogens (tertiary/aromatic N) is 1. The Morgan fingerprint density at radius 3 is 2.75 bits per heavy atom. The number of carbonyl (C=O) groups is 1. The Labute approximate surface area is 92.4 Å². The van der Waals surface area contributed by atoms with Gasteiger partial charge in [-0.05, 0) is 24.7 Å². The quantitative estimate of drug-likeness (QED) is 0.770. The van der Waals surface area contributed by atoms with Crippen LogP contribution in [0.2, 0.25) is 0 Å². The molecule has 1 aliphatic carbocycles. The number of rotatable bonds is 1. The van der Waals surface area contributed by atoms with Crippen molar-refractivity contribution < 1.29 is 9.32 Å². The standard InChI is InChI=1S/C11H14N2O3/c14-9-6-8(16-12-9)10(15)13-5-4-11(7-13)2-1-3-11/h6H,1-5,7H2,(H,12,14). The smallest absolute Gasteiger partial charge is 0.292 e. The summed E-state index contributed by atoms with van der Waals surface area (Å²) in [5.41, 5.74) is 0.0209. The first kappa shape index (κ1) is 9.69. The zero-order valence-corrected chi connectivity index (χ0v) is 8.99. The van der Waals surface area contributed by atoms with E-state index in [-0.39, 0.29) is 17.2 Å². The third-order valence-corrected chi connectivity index (χ3v) is 3.87. The van der Waals surface area contributed by atoms with Crippen molar-refractivity contribution in [2.75, 3.05) is 13.1 Å². The van der Waals surface area contributed by atoms with Crippen LogP contribution in [0.4, 0.5) is 0 Å². The molecule has 0 aromatic carbocycles. The average molecular weight is 222 g/mol. The maximum Gasteiger partial charge on any atom is 0.292 e. The summed E-state index contributed by atoms with van der Waals surface area (Å²) in [5, 5.41) is 2.14. The molecule has 2 aliphatic rings. The van der Waals surface area contributed by atoms with Crippen molar-refractivity contribution in [1.29, 1.82) is 0 Å². The molecule has 1 aromatic heterocycles. The lowest BCUT2D eigenvalue weighted by Gasteiger charge is -2.37. The van der Waals surface area contributed by atoms with Crippen LogP contribution < -0.4 is 5.56 Å². The van der Waals surface area contributed by atoms with Crippen molar-refractivity contribution in [1.82, 2.24) is 10.1 Å². The van der Waals surface area contributed by atoms with Crippen LogP contribution >= 0.6 is 0 Å². The highest BCUT2D eigenvalue weighted by Gasteiger charge is 2.44. The number of aromatic amines is 1. The van der Waals surface area contributed by atoms with Crippen LogP contribution in [0.1, 0.15) is 36.2 Å². The van der Waals surface area contributed by atoms with Gasteiger partial charge in [-0.1, -0.05) is 6.42 Å². The van der Waals surface area contributed by atoms with E-state index in [0.717, 1.165) is 19.5 Å². The lowest BCUT2D eigenvalue weighted by Crippen LogP contribution is -2.35. The second-order valence-corrected chi connectivity index (χ2v) is 4.91. The van der Waals surface area contributed by atoms with Gasteiger partial charge in [-0.15, -0.1) is 0 Å². The van der Waals surface area contributed by atoms with E-state index in [4.69, 9.17) is 4.52 Å². The van der Waals surface area contributed by atoms with Gasteiger partial charge in [0.25, 0.3) is 11.5 Å². The predicted molar refractivity (Wildman–Crippen MR) is 56.1 cm³/mol. The third-order valence-electron chi connectivity index (χ3n) is 3.87. The number of aromatic nitrogens is 1. The van der Waals surface area contributed by atoms with Crippen LogP contribution in [0.25, 0.3) is 0 Å². The molecule has 3 rings (SSSR count). The molecular formula is C11H14N2O3. The minimum Gasteiger partial charge on any atom is -0.373 e. The first-order valence-electron chi connectivity index (χ1n) is 5.66. The monoisotopic (exact) mass is 222 g/mol. The minimum absolute atomic E-state index is 0.126. The molecule has 86 valence electrons. The molecule has 0 unspecified atom stereocenters. The van der Waals surface area contributed by atoms with Crippen LogP contribution in [0.15, 0.2) is 15.4 Å². The fourth-order valence-electron chi connectivity index (χ4n) is 2.74. The van der Waals surface area contributed by atoms with Crippen LogP contribution in [-0.2, 0) is 0 Å². The Balaban J connectivity index is 1.75. The van der Waals surface area contributed by atoms with Crippen molar-refractivity contribution >= 4 is 5.91 Å². The highest BCUT2D eigenvalue weighted by molar-refractivity contribution is 5.91. The summed E-state index contributed by atoms with van der Waals surface area (Å²) in [6, 6.07) is 1.22. The van der Waals surface area contributed by atoms with Gasteiger partial charge in [0, 0.05) is 13.1 Å². The number of hydrogen-bond acceptors (Lipinski definition) is 3. The van der Waals surface area contributed by atoms with Crippen molar-refractivity contribution in [3.63, 3.8) is 0 Å². The maximum absolute atomic E-state index is 12.0. The first-order chi connectivity index (χ1) is 7.69. The van der Waals surface area contributed by atoms with E-state index < -0.39 is 0 Å². The van der Waals surface area contributed by atoms with E-state index in [1.165, 1.54) is 25.3 Å². The summed E-state index contributed by atoms with van der Waals surface area (Å²) in [5.74, 6) is -0.0384. The molecule has 0 atom stereocenters. The summed E-state index contributed by atoms with van der Waals surface area (Å²) in [4.78, 5) is 24.6. The largest absolute Gasteiger partial charge is 0.373 e. The molecule has 0 radical (unpaired) electrons. The van der Waals surface area contributed by atoms with E-state index in [2.05, 4.69) is 5.16 Å². The second kappa shape index (κ2) is 3.23. The fraction of sp³-hybridized carbons (Fsp3) is 0.636. The van der Waals surface area contributed by atoms with Gasteiger partial charge < -0.3 is 9.42 Å². The molecule has 1 spiro atoms. The van der Waals surface area contributed by atoms with E-state index in [9.17, 15) is 9.59 Å². The molecule has 5 heteroatoms. The predicted octanol–water partition coefficient (Wildman–Crippen LogP) is 0.984. The molecule has 0 bridgehead atoms. The van der Waals surface area contributed by atoms with Crippen molar-refractivity contribution in [3.8, 4) is 0 Å². The lowest BCUT2D eigenvalue weighted by atomic mass is 9.68. The van der Waals surface area contributed by atoms with Crippen molar-refractivity contribution in [2.45, 2.75) is 25.7 Å². The Morgan fingerprint density at radius 2 is 2.25 bits per heavy atom. The Kier molecular flexibility index (Phi) is 1.96. The summed E-state index contributed by atoms with van der Waals surface area (Å²) < 4.78 is 4.83. The molecule has 2 heterocycles. The fourth-order valence-corrected chi connectivity index (χ4v) is 2.74. The van der Waals surface area contributed by atoms with Crippen LogP contribution in [-0.4, -0.2) is 29.1 Å². The number of H-pyrrole nitrogens is 1. The molecular weight excluding hydrogens is 208 g/mol. The van der Waals surface area contributed by atoms with E-state index >= 15 is 0 Å². The highest BCUT2D eigenvalue weighted by atomic mass is 16.5. The number of carbonyl (C=O) groups excluding carboxylic acids is 1. The van der Waals surface area contributed by atoms with Crippen LogP contribution in [0, 0.1) is 5.41 Å². The Bertz CT molecular complexity index is 470. The van der Waals surface area contributed by atoms with Gasteiger partial charge in [-0.2, -0.15) is 5.16 Å². The zero-order valence-electron chi connectivity index (χ0n) is 8.99. The molecule has 1 N–H and O–H groups in total. The van der Waals surface area contributed by atoms with Crippen molar-refractivity contribution in [3.05, 3.63) is 22.2 Å². The average Bonchev–Trinajstić information content (AvgIpc) is 2.81. The van der Waals surface area contributed by atoms with Crippen molar-refractivity contribution in [2.24, 2.45) is 5.41 Å².